The molecule has 8 nitrogen and oxygen atoms in total. The van der Waals surface area contributed by atoms with Crippen molar-refractivity contribution in [3.63, 3.8) is 0 Å². The molecule has 0 aliphatic carbocycles. The minimum Gasteiger partial charge on any atom is -0.497 e. The fraction of sp³-hybridized carbons (Fsp3) is 0.353. The van der Waals surface area contributed by atoms with Gasteiger partial charge >= 0.3 is 0 Å². The summed E-state index contributed by atoms with van der Waals surface area (Å²) < 4.78 is 11.1. The monoisotopic (exact) mass is 566 g/mol. The van der Waals surface area contributed by atoms with Gasteiger partial charge in [0.15, 0.2) is 5.76 Å². The number of likely N-dealkylation sites (tertiary alicyclic amines) is 1. The quantitative estimate of drug-likeness (QED) is 0.335. The summed E-state index contributed by atoms with van der Waals surface area (Å²) in [6.07, 6.45) is 1.77. The Labute approximate surface area is 246 Å². The lowest BCUT2D eigenvalue weighted by atomic mass is 10.0. The Bertz CT molecular complexity index is 1530. The van der Waals surface area contributed by atoms with E-state index < -0.39 is 0 Å². The lowest BCUT2D eigenvalue weighted by Gasteiger charge is -2.36. The fourth-order valence-corrected chi connectivity index (χ4v) is 5.88. The van der Waals surface area contributed by atoms with E-state index in [2.05, 4.69) is 58.4 Å². The normalized spacial score (nSPS) is 16.5. The van der Waals surface area contributed by atoms with Crippen molar-refractivity contribution in [2.24, 2.45) is 0 Å². The first kappa shape index (κ1) is 27.8. The van der Waals surface area contributed by atoms with E-state index in [-0.39, 0.29) is 23.6 Å². The predicted octanol–water partition coefficient (Wildman–Crippen LogP) is 5.11. The summed E-state index contributed by atoms with van der Waals surface area (Å²) in [5.41, 5.74) is 4.91. The zero-order valence-electron chi connectivity index (χ0n) is 24.3. The molecule has 0 saturated carbocycles. The van der Waals surface area contributed by atoms with Crippen molar-refractivity contribution in [2.75, 3.05) is 51.3 Å². The molecule has 2 fully saturated rings. The fourth-order valence-electron chi connectivity index (χ4n) is 5.88. The maximum absolute atomic E-state index is 13.3. The SMILES string of the molecule is COc1ccc(CN2CCC(NC(=O)c3cc4cc(C(=O)N5CCN(c6ccc(C)cc6)CC5)ccc4o3)CC2)cc1. The van der Waals surface area contributed by atoms with Crippen molar-refractivity contribution in [1.29, 1.82) is 0 Å². The third kappa shape index (κ3) is 6.29. The number of piperazine rings is 1. The van der Waals surface area contributed by atoms with Crippen LogP contribution in [0.15, 0.2) is 77.2 Å². The summed E-state index contributed by atoms with van der Waals surface area (Å²) in [4.78, 5) is 33.0. The topological polar surface area (TPSA) is 78.3 Å². The van der Waals surface area contributed by atoms with Crippen LogP contribution in [0.25, 0.3) is 11.0 Å². The van der Waals surface area contributed by atoms with Crippen LogP contribution in [-0.2, 0) is 6.54 Å². The predicted molar refractivity (Wildman–Crippen MR) is 164 cm³/mol. The second kappa shape index (κ2) is 12.3. The van der Waals surface area contributed by atoms with Gasteiger partial charge in [0.05, 0.1) is 7.11 Å². The number of methoxy groups -OCH3 is 1. The summed E-state index contributed by atoms with van der Waals surface area (Å²) >= 11 is 0. The maximum atomic E-state index is 13.3. The number of piperidine rings is 1. The molecule has 0 atom stereocenters. The molecule has 3 heterocycles. The highest BCUT2D eigenvalue weighted by atomic mass is 16.5. The van der Waals surface area contributed by atoms with Crippen LogP contribution < -0.4 is 15.0 Å². The number of benzene rings is 3. The van der Waals surface area contributed by atoms with Crippen molar-refractivity contribution in [3.05, 3.63) is 95.2 Å². The van der Waals surface area contributed by atoms with E-state index in [0.29, 0.717) is 24.2 Å². The number of rotatable bonds is 7. The van der Waals surface area contributed by atoms with E-state index in [1.54, 1.807) is 25.3 Å². The number of ether oxygens (including phenoxy) is 1. The van der Waals surface area contributed by atoms with E-state index in [4.69, 9.17) is 9.15 Å². The first-order chi connectivity index (χ1) is 20.4. The number of nitrogens with zero attached hydrogens (tertiary/aromatic N) is 3. The summed E-state index contributed by atoms with van der Waals surface area (Å²) in [7, 11) is 1.67. The molecule has 6 rings (SSSR count). The molecule has 0 bridgehead atoms. The Hall–Kier alpha value is -4.30. The number of hydrogen-bond donors (Lipinski definition) is 1. The third-order valence-corrected chi connectivity index (χ3v) is 8.44. The average molecular weight is 567 g/mol. The van der Waals surface area contributed by atoms with Gasteiger partial charge in [-0.25, -0.2) is 0 Å². The van der Waals surface area contributed by atoms with Gasteiger partial charge in [-0.3, -0.25) is 14.5 Å². The molecule has 3 aromatic carbocycles. The molecular formula is C34H38N4O4. The Morgan fingerprint density at radius 2 is 1.60 bits per heavy atom. The molecule has 0 radical (unpaired) electrons. The van der Waals surface area contributed by atoms with Crippen LogP contribution in [0.4, 0.5) is 5.69 Å². The molecule has 0 unspecified atom stereocenters. The van der Waals surface area contributed by atoms with Gasteiger partial charge in [-0.05, 0) is 73.9 Å². The van der Waals surface area contributed by atoms with Crippen LogP contribution in [0.1, 0.15) is 44.9 Å². The standard InChI is InChI=1S/C34H38N4O4/c1-24-3-8-29(9-4-24)37-17-19-38(20-18-37)34(40)26-7-12-31-27(21-26)22-32(42-31)33(39)35-28-13-15-36(16-14-28)23-25-5-10-30(41-2)11-6-25/h3-12,21-22,28H,13-20,23H2,1-2H3,(H,35,39). The summed E-state index contributed by atoms with van der Waals surface area (Å²) in [5, 5.41) is 3.91. The van der Waals surface area contributed by atoms with E-state index in [9.17, 15) is 9.59 Å². The van der Waals surface area contributed by atoms with Gasteiger partial charge in [0.2, 0.25) is 0 Å². The minimum atomic E-state index is -0.208. The van der Waals surface area contributed by atoms with Gasteiger partial charge in [-0.15, -0.1) is 0 Å². The first-order valence-electron chi connectivity index (χ1n) is 14.8. The molecule has 218 valence electrons. The number of carbonyl (C=O) groups is 2. The maximum Gasteiger partial charge on any atom is 0.287 e. The van der Waals surface area contributed by atoms with Crippen molar-refractivity contribution in [2.45, 2.75) is 32.4 Å². The van der Waals surface area contributed by atoms with Gasteiger partial charge in [0, 0.05) is 68.5 Å². The molecule has 2 aliphatic rings. The van der Waals surface area contributed by atoms with E-state index in [1.807, 2.05) is 23.1 Å². The zero-order valence-corrected chi connectivity index (χ0v) is 24.3. The summed E-state index contributed by atoms with van der Waals surface area (Å²) in [6, 6.07) is 24.0. The van der Waals surface area contributed by atoms with Gasteiger partial charge in [-0.2, -0.15) is 0 Å². The summed E-state index contributed by atoms with van der Waals surface area (Å²) in [6.45, 7) is 7.75. The Kier molecular flexibility index (Phi) is 8.15. The van der Waals surface area contributed by atoms with E-state index in [0.717, 1.165) is 56.7 Å². The molecule has 2 amide bonds. The van der Waals surface area contributed by atoms with Crippen molar-refractivity contribution in [1.82, 2.24) is 15.1 Å². The number of nitrogens with one attached hydrogen (secondary N) is 1. The molecule has 4 aromatic rings. The first-order valence-corrected chi connectivity index (χ1v) is 14.8. The van der Waals surface area contributed by atoms with Crippen molar-refractivity contribution < 1.29 is 18.7 Å². The average Bonchev–Trinajstić information content (AvgIpc) is 3.46. The molecule has 42 heavy (non-hydrogen) atoms. The molecule has 2 aliphatic heterocycles. The number of amides is 2. The Balaban J connectivity index is 1.01. The Morgan fingerprint density at radius 3 is 2.29 bits per heavy atom. The smallest absolute Gasteiger partial charge is 0.287 e. The van der Waals surface area contributed by atoms with Gasteiger partial charge in [0.1, 0.15) is 11.3 Å². The molecular weight excluding hydrogens is 528 g/mol. The van der Waals surface area contributed by atoms with Crippen LogP contribution >= 0.6 is 0 Å². The molecule has 1 N–H and O–H groups in total. The third-order valence-electron chi connectivity index (χ3n) is 8.44. The number of hydrogen-bond acceptors (Lipinski definition) is 6. The highest BCUT2D eigenvalue weighted by Gasteiger charge is 2.25. The van der Waals surface area contributed by atoms with Crippen molar-refractivity contribution >= 4 is 28.5 Å². The number of anilines is 1. The number of fused-ring (bicyclic) bond motifs is 1. The lowest BCUT2D eigenvalue weighted by Crippen LogP contribution is -2.48. The van der Waals surface area contributed by atoms with Crippen LogP contribution in [0, 0.1) is 6.92 Å². The minimum absolute atomic E-state index is 0.00839. The molecule has 8 heteroatoms. The second-order valence-corrected chi connectivity index (χ2v) is 11.4. The molecule has 2 saturated heterocycles. The Morgan fingerprint density at radius 1 is 0.881 bits per heavy atom. The van der Waals surface area contributed by atoms with Crippen LogP contribution in [-0.4, -0.2) is 74.0 Å². The highest BCUT2D eigenvalue weighted by molar-refractivity contribution is 6.00. The number of aryl methyl sites for hydroxylation is 1. The number of furan rings is 1. The van der Waals surface area contributed by atoms with Gasteiger partial charge in [-0.1, -0.05) is 29.8 Å². The molecule has 0 spiro atoms. The highest BCUT2D eigenvalue weighted by Crippen LogP contribution is 2.24. The van der Waals surface area contributed by atoms with Crippen LogP contribution in [0.5, 0.6) is 5.75 Å². The van der Waals surface area contributed by atoms with Crippen LogP contribution in [0.3, 0.4) is 0 Å². The second-order valence-electron chi connectivity index (χ2n) is 11.4. The lowest BCUT2D eigenvalue weighted by molar-refractivity contribution is 0.0746. The van der Waals surface area contributed by atoms with Crippen LogP contribution in [0.2, 0.25) is 0 Å². The molecule has 1 aromatic heterocycles. The zero-order chi connectivity index (χ0) is 29.1. The summed E-state index contributed by atoms with van der Waals surface area (Å²) in [5.74, 6) is 0.942. The van der Waals surface area contributed by atoms with E-state index in [1.165, 1.54) is 16.8 Å². The van der Waals surface area contributed by atoms with E-state index >= 15 is 0 Å². The van der Waals surface area contributed by atoms with Gasteiger partial charge in [0.25, 0.3) is 11.8 Å². The number of carbonyl (C=O) groups excluding carboxylic acids is 2. The van der Waals surface area contributed by atoms with Gasteiger partial charge < -0.3 is 24.3 Å². The largest absolute Gasteiger partial charge is 0.497 e. The van der Waals surface area contributed by atoms with Crippen molar-refractivity contribution in [3.8, 4) is 5.75 Å².